The van der Waals surface area contributed by atoms with Crippen molar-refractivity contribution >= 4 is 33.2 Å². The fourth-order valence-electron chi connectivity index (χ4n) is 2.43. The van der Waals surface area contributed by atoms with Crippen LogP contribution in [0.25, 0.3) is 0 Å². The van der Waals surface area contributed by atoms with Crippen LogP contribution in [0, 0.1) is 0 Å². The van der Waals surface area contributed by atoms with E-state index < -0.39 is 6.04 Å². The Morgan fingerprint density at radius 1 is 1.32 bits per heavy atom. The number of amides is 1. The zero-order valence-corrected chi connectivity index (χ0v) is 13.0. The van der Waals surface area contributed by atoms with Gasteiger partial charge in [0.05, 0.1) is 5.69 Å². The molecule has 0 saturated carbocycles. The standard InChI is InChI=1S/C14H20BrN3O/c1-3-5-18(6-4-2)12-8-11-9(7-10(12)15)13(16)14(19)17-11/h7-8,13H,3-6,16H2,1-2H3,(H,17,19). The van der Waals surface area contributed by atoms with Crippen molar-refractivity contribution < 1.29 is 4.79 Å². The van der Waals surface area contributed by atoms with Crippen LogP contribution in [0.3, 0.4) is 0 Å². The van der Waals surface area contributed by atoms with Gasteiger partial charge < -0.3 is 16.0 Å². The fraction of sp³-hybridized carbons (Fsp3) is 0.500. The molecule has 0 aromatic heterocycles. The Bertz CT molecular complexity index is 484. The molecule has 0 radical (unpaired) electrons. The zero-order chi connectivity index (χ0) is 14.0. The number of hydrogen-bond donors (Lipinski definition) is 2. The number of halogens is 1. The first kappa shape index (κ1) is 14.3. The topological polar surface area (TPSA) is 58.4 Å². The van der Waals surface area contributed by atoms with Gasteiger partial charge >= 0.3 is 0 Å². The minimum atomic E-state index is -0.550. The summed E-state index contributed by atoms with van der Waals surface area (Å²) in [5.41, 5.74) is 8.69. The number of nitrogens with one attached hydrogen (secondary N) is 1. The molecule has 0 saturated heterocycles. The van der Waals surface area contributed by atoms with Gasteiger partial charge in [0.15, 0.2) is 0 Å². The molecule has 3 N–H and O–H groups in total. The van der Waals surface area contributed by atoms with Crippen molar-refractivity contribution in [3.8, 4) is 0 Å². The van der Waals surface area contributed by atoms with E-state index in [1.54, 1.807) is 0 Å². The first-order valence-electron chi connectivity index (χ1n) is 6.73. The van der Waals surface area contributed by atoms with E-state index in [1.165, 1.54) is 0 Å². The number of hydrogen-bond acceptors (Lipinski definition) is 3. The van der Waals surface area contributed by atoms with Gasteiger partial charge in [0.2, 0.25) is 5.91 Å². The van der Waals surface area contributed by atoms with Gasteiger partial charge in [0, 0.05) is 28.8 Å². The van der Waals surface area contributed by atoms with Gasteiger partial charge in [-0.25, -0.2) is 0 Å². The summed E-state index contributed by atoms with van der Waals surface area (Å²) in [6, 6.07) is 3.44. The van der Waals surface area contributed by atoms with Crippen LogP contribution in [0.5, 0.6) is 0 Å². The van der Waals surface area contributed by atoms with Crippen LogP contribution in [0.1, 0.15) is 38.3 Å². The number of benzene rings is 1. The lowest BCUT2D eigenvalue weighted by Crippen LogP contribution is -2.25. The average Bonchev–Trinajstić information content (AvgIpc) is 2.64. The van der Waals surface area contributed by atoms with Crippen molar-refractivity contribution in [2.45, 2.75) is 32.7 Å². The average molecular weight is 326 g/mol. The molecular formula is C14H20BrN3O. The van der Waals surface area contributed by atoms with Crippen LogP contribution in [0.2, 0.25) is 0 Å². The molecular weight excluding hydrogens is 306 g/mol. The van der Waals surface area contributed by atoms with Gasteiger partial charge in [0.25, 0.3) is 0 Å². The monoisotopic (exact) mass is 325 g/mol. The van der Waals surface area contributed by atoms with Crippen molar-refractivity contribution in [3.05, 3.63) is 22.2 Å². The Morgan fingerprint density at radius 3 is 2.53 bits per heavy atom. The van der Waals surface area contributed by atoms with Crippen molar-refractivity contribution in [3.63, 3.8) is 0 Å². The van der Waals surface area contributed by atoms with Crippen LogP contribution in [0.15, 0.2) is 16.6 Å². The summed E-state index contributed by atoms with van der Waals surface area (Å²) in [6.45, 7) is 6.35. The third-order valence-electron chi connectivity index (χ3n) is 3.32. The Kier molecular flexibility index (Phi) is 4.47. The minimum absolute atomic E-state index is 0.128. The van der Waals surface area contributed by atoms with E-state index in [-0.39, 0.29) is 5.91 Å². The van der Waals surface area contributed by atoms with E-state index in [0.29, 0.717) is 0 Å². The fourth-order valence-corrected chi connectivity index (χ4v) is 3.04. The molecule has 4 nitrogen and oxygen atoms in total. The molecule has 1 aliphatic heterocycles. The van der Waals surface area contributed by atoms with Gasteiger partial charge in [-0.05, 0) is 40.9 Å². The number of carbonyl (C=O) groups is 1. The maximum Gasteiger partial charge on any atom is 0.245 e. The van der Waals surface area contributed by atoms with Crippen molar-refractivity contribution in [2.75, 3.05) is 23.3 Å². The molecule has 1 heterocycles. The third kappa shape index (κ3) is 2.77. The van der Waals surface area contributed by atoms with E-state index in [4.69, 9.17) is 5.73 Å². The SMILES string of the molecule is CCCN(CCC)c1cc2c(cc1Br)C(N)C(=O)N2. The lowest BCUT2D eigenvalue weighted by Gasteiger charge is -2.25. The molecule has 2 rings (SSSR count). The summed E-state index contributed by atoms with van der Waals surface area (Å²) < 4.78 is 1.00. The summed E-state index contributed by atoms with van der Waals surface area (Å²) in [4.78, 5) is 13.9. The second-order valence-corrected chi connectivity index (χ2v) is 5.70. The Hall–Kier alpha value is -1.07. The number of rotatable bonds is 5. The van der Waals surface area contributed by atoms with Crippen molar-refractivity contribution in [1.82, 2.24) is 0 Å². The van der Waals surface area contributed by atoms with E-state index in [9.17, 15) is 4.79 Å². The van der Waals surface area contributed by atoms with Crippen LogP contribution in [0.4, 0.5) is 11.4 Å². The van der Waals surface area contributed by atoms with Crippen LogP contribution in [-0.4, -0.2) is 19.0 Å². The predicted molar refractivity (Wildman–Crippen MR) is 82.5 cm³/mol. The van der Waals surface area contributed by atoms with Crippen LogP contribution < -0.4 is 16.0 Å². The summed E-state index contributed by atoms with van der Waals surface area (Å²) >= 11 is 3.60. The highest BCUT2D eigenvalue weighted by Gasteiger charge is 2.28. The molecule has 5 heteroatoms. The number of nitrogens with two attached hydrogens (primary N) is 1. The van der Waals surface area contributed by atoms with Crippen LogP contribution in [-0.2, 0) is 4.79 Å². The maximum absolute atomic E-state index is 11.6. The highest BCUT2D eigenvalue weighted by Crippen LogP contribution is 2.38. The van der Waals surface area contributed by atoms with E-state index in [2.05, 4.69) is 40.0 Å². The Labute approximate surface area is 122 Å². The van der Waals surface area contributed by atoms with Crippen molar-refractivity contribution in [2.24, 2.45) is 5.73 Å². The molecule has 104 valence electrons. The van der Waals surface area contributed by atoms with Gasteiger partial charge in [-0.15, -0.1) is 0 Å². The lowest BCUT2D eigenvalue weighted by molar-refractivity contribution is -0.116. The highest BCUT2D eigenvalue weighted by atomic mass is 79.9. The van der Waals surface area contributed by atoms with Crippen molar-refractivity contribution in [1.29, 1.82) is 0 Å². The van der Waals surface area contributed by atoms with Gasteiger partial charge in [-0.2, -0.15) is 0 Å². The first-order valence-corrected chi connectivity index (χ1v) is 7.52. The molecule has 1 aromatic carbocycles. The molecule has 19 heavy (non-hydrogen) atoms. The molecule has 1 amide bonds. The molecule has 1 unspecified atom stereocenters. The summed E-state index contributed by atoms with van der Waals surface area (Å²) in [6.07, 6.45) is 2.19. The molecule has 0 spiro atoms. The summed E-state index contributed by atoms with van der Waals surface area (Å²) in [5, 5.41) is 2.84. The third-order valence-corrected chi connectivity index (χ3v) is 3.96. The summed E-state index contributed by atoms with van der Waals surface area (Å²) in [7, 11) is 0. The van der Waals surface area contributed by atoms with Gasteiger partial charge in [0.1, 0.15) is 6.04 Å². The second-order valence-electron chi connectivity index (χ2n) is 4.84. The normalized spacial score (nSPS) is 17.3. The molecule has 1 aliphatic rings. The summed E-state index contributed by atoms with van der Waals surface area (Å²) in [5.74, 6) is -0.128. The van der Waals surface area contributed by atoms with Gasteiger partial charge in [-0.3, -0.25) is 4.79 Å². The lowest BCUT2D eigenvalue weighted by atomic mass is 10.1. The largest absolute Gasteiger partial charge is 0.371 e. The number of fused-ring (bicyclic) bond motifs is 1. The quantitative estimate of drug-likeness (QED) is 0.874. The maximum atomic E-state index is 11.6. The van der Waals surface area contributed by atoms with E-state index in [0.717, 1.165) is 47.3 Å². The highest BCUT2D eigenvalue weighted by molar-refractivity contribution is 9.10. The number of anilines is 2. The Morgan fingerprint density at radius 2 is 1.95 bits per heavy atom. The molecule has 1 aromatic rings. The number of carbonyl (C=O) groups excluding carboxylic acids is 1. The zero-order valence-electron chi connectivity index (χ0n) is 11.4. The van der Waals surface area contributed by atoms with E-state index in [1.807, 2.05) is 12.1 Å². The van der Waals surface area contributed by atoms with Crippen LogP contribution >= 0.6 is 15.9 Å². The second kappa shape index (κ2) is 5.92. The molecule has 0 bridgehead atoms. The Balaban J connectivity index is 2.37. The van der Waals surface area contributed by atoms with E-state index >= 15 is 0 Å². The smallest absolute Gasteiger partial charge is 0.245 e. The first-order chi connectivity index (χ1) is 9.08. The number of nitrogens with zero attached hydrogens (tertiary/aromatic N) is 1. The molecule has 0 aliphatic carbocycles. The predicted octanol–water partition coefficient (Wildman–Crippen LogP) is 3.03. The molecule has 1 atom stereocenters. The van der Waals surface area contributed by atoms with Gasteiger partial charge in [-0.1, -0.05) is 13.8 Å². The minimum Gasteiger partial charge on any atom is -0.371 e. The molecule has 0 fully saturated rings.